The van der Waals surface area contributed by atoms with Crippen molar-refractivity contribution < 1.29 is 4.79 Å². The first-order valence-electron chi connectivity index (χ1n) is 6.89. The number of para-hydroxylation sites is 1. The van der Waals surface area contributed by atoms with Crippen molar-refractivity contribution in [1.82, 2.24) is 9.38 Å². The minimum Gasteiger partial charge on any atom is -0.320 e. The first-order chi connectivity index (χ1) is 10.1. The van der Waals surface area contributed by atoms with E-state index >= 15 is 0 Å². The zero-order valence-corrected chi connectivity index (χ0v) is 12.3. The molecule has 0 radical (unpaired) electrons. The van der Waals surface area contributed by atoms with Gasteiger partial charge in [0.2, 0.25) is 0 Å². The van der Waals surface area contributed by atoms with Crippen LogP contribution in [0.2, 0.25) is 0 Å². The summed E-state index contributed by atoms with van der Waals surface area (Å²) >= 11 is 0. The molecule has 21 heavy (non-hydrogen) atoms. The molecule has 1 amide bonds. The Balaban J connectivity index is 2.05. The van der Waals surface area contributed by atoms with Gasteiger partial charge in [0.1, 0.15) is 11.3 Å². The number of fused-ring (bicyclic) bond motifs is 1. The molecule has 4 heteroatoms. The quantitative estimate of drug-likeness (QED) is 0.780. The van der Waals surface area contributed by atoms with E-state index in [9.17, 15) is 4.79 Å². The Kier molecular flexibility index (Phi) is 3.22. The van der Waals surface area contributed by atoms with Gasteiger partial charge >= 0.3 is 0 Å². The number of imidazole rings is 1. The van der Waals surface area contributed by atoms with Crippen LogP contribution in [0.25, 0.3) is 5.65 Å². The molecule has 3 rings (SSSR count). The van der Waals surface area contributed by atoms with Gasteiger partial charge in [0.15, 0.2) is 0 Å². The first-order valence-corrected chi connectivity index (χ1v) is 6.89. The van der Waals surface area contributed by atoms with Crippen molar-refractivity contribution in [3.63, 3.8) is 0 Å². The Morgan fingerprint density at radius 3 is 2.52 bits per heavy atom. The van der Waals surface area contributed by atoms with Gasteiger partial charge in [-0.15, -0.1) is 0 Å². The third kappa shape index (κ3) is 2.29. The molecule has 1 aromatic carbocycles. The van der Waals surface area contributed by atoms with Gasteiger partial charge in [-0.25, -0.2) is 4.98 Å². The smallest absolute Gasteiger partial charge is 0.274 e. The van der Waals surface area contributed by atoms with E-state index in [1.807, 2.05) is 67.8 Å². The molecule has 0 saturated heterocycles. The molecular weight excluding hydrogens is 262 g/mol. The molecule has 0 fully saturated rings. The lowest BCUT2D eigenvalue weighted by molar-refractivity contribution is 0.102. The van der Waals surface area contributed by atoms with Crippen LogP contribution in [-0.2, 0) is 0 Å². The third-order valence-electron chi connectivity index (χ3n) is 3.63. The molecule has 0 saturated carbocycles. The molecule has 106 valence electrons. The van der Waals surface area contributed by atoms with Crippen LogP contribution in [0.15, 0.2) is 42.6 Å². The van der Waals surface area contributed by atoms with Gasteiger partial charge < -0.3 is 5.32 Å². The molecule has 0 atom stereocenters. The van der Waals surface area contributed by atoms with Crippen LogP contribution in [0.1, 0.15) is 27.3 Å². The second-order valence-corrected chi connectivity index (χ2v) is 5.20. The van der Waals surface area contributed by atoms with Crippen LogP contribution in [-0.4, -0.2) is 15.3 Å². The largest absolute Gasteiger partial charge is 0.320 e. The fraction of sp³-hybridized carbons (Fsp3) is 0.176. The number of aromatic nitrogens is 2. The normalized spacial score (nSPS) is 10.8. The van der Waals surface area contributed by atoms with Crippen molar-refractivity contribution in [3.8, 4) is 0 Å². The maximum absolute atomic E-state index is 12.6. The number of amides is 1. The molecule has 3 aromatic rings. The van der Waals surface area contributed by atoms with Gasteiger partial charge in [-0.05, 0) is 44.0 Å². The van der Waals surface area contributed by atoms with Crippen LogP contribution in [0.5, 0.6) is 0 Å². The number of aryl methyl sites for hydroxylation is 3. The zero-order chi connectivity index (χ0) is 15.0. The van der Waals surface area contributed by atoms with Gasteiger partial charge in [-0.3, -0.25) is 9.20 Å². The first kappa shape index (κ1) is 13.4. The summed E-state index contributed by atoms with van der Waals surface area (Å²) in [6.45, 7) is 5.82. The number of rotatable bonds is 2. The van der Waals surface area contributed by atoms with E-state index in [1.54, 1.807) is 0 Å². The minimum atomic E-state index is -0.139. The van der Waals surface area contributed by atoms with Crippen molar-refractivity contribution in [1.29, 1.82) is 0 Å². The van der Waals surface area contributed by atoms with E-state index in [4.69, 9.17) is 0 Å². The van der Waals surface area contributed by atoms with Crippen LogP contribution in [0, 0.1) is 20.8 Å². The molecule has 0 unspecified atom stereocenters. The monoisotopic (exact) mass is 279 g/mol. The number of anilines is 1. The van der Waals surface area contributed by atoms with Gasteiger partial charge in [0.25, 0.3) is 5.91 Å². The predicted octanol–water partition coefficient (Wildman–Crippen LogP) is 3.51. The highest BCUT2D eigenvalue weighted by molar-refractivity contribution is 6.04. The molecule has 0 bridgehead atoms. The molecule has 0 aliphatic carbocycles. The number of benzene rings is 1. The minimum absolute atomic E-state index is 0.139. The van der Waals surface area contributed by atoms with Crippen LogP contribution in [0.4, 0.5) is 5.69 Å². The summed E-state index contributed by atoms with van der Waals surface area (Å²) in [5, 5.41) is 2.97. The van der Waals surface area contributed by atoms with Crippen molar-refractivity contribution in [2.75, 3.05) is 5.32 Å². The number of hydrogen-bond acceptors (Lipinski definition) is 2. The topological polar surface area (TPSA) is 46.4 Å². The number of hydrogen-bond donors (Lipinski definition) is 1. The second kappa shape index (κ2) is 5.05. The van der Waals surface area contributed by atoms with E-state index in [2.05, 4.69) is 10.3 Å². The molecule has 2 aromatic heterocycles. The van der Waals surface area contributed by atoms with E-state index in [1.165, 1.54) is 0 Å². The van der Waals surface area contributed by atoms with E-state index < -0.39 is 0 Å². The number of nitrogens with one attached hydrogen (secondary N) is 1. The van der Waals surface area contributed by atoms with Crippen molar-refractivity contribution >= 4 is 17.2 Å². The molecule has 0 spiro atoms. The lowest BCUT2D eigenvalue weighted by atomic mass is 10.2. The fourth-order valence-corrected chi connectivity index (χ4v) is 2.49. The van der Waals surface area contributed by atoms with Crippen LogP contribution < -0.4 is 5.32 Å². The van der Waals surface area contributed by atoms with Crippen molar-refractivity contribution in [3.05, 3.63) is 65.1 Å². The van der Waals surface area contributed by atoms with Crippen LogP contribution in [0.3, 0.4) is 0 Å². The molecule has 0 aliphatic rings. The summed E-state index contributed by atoms with van der Waals surface area (Å²) in [7, 11) is 0. The van der Waals surface area contributed by atoms with Gasteiger partial charge in [-0.1, -0.05) is 24.3 Å². The average Bonchev–Trinajstić information content (AvgIpc) is 2.79. The Hall–Kier alpha value is -2.62. The molecule has 2 heterocycles. The van der Waals surface area contributed by atoms with Crippen molar-refractivity contribution in [2.24, 2.45) is 0 Å². The standard InChI is InChI=1S/C17H17N3O/c1-11-7-4-5-9-14(11)19-17(21)15-13(3)18-16-12(2)8-6-10-20(15)16/h4-10H,1-3H3,(H,19,21). The summed E-state index contributed by atoms with van der Waals surface area (Å²) < 4.78 is 1.85. The summed E-state index contributed by atoms with van der Waals surface area (Å²) in [6, 6.07) is 11.7. The highest BCUT2D eigenvalue weighted by Gasteiger charge is 2.17. The Labute approximate surface area is 123 Å². The average molecular weight is 279 g/mol. The number of nitrogens with zero attached hydrogens (tertiary/aromatic N) is 2. The molecular formula is C17H17N3O. The number of carbonyl (C=O) groups excluding carboxylic acids is 1. The number of carbonyl (C=O) groups is 1. The zero-order valence-electron chi connectivity index (χ0n) is 12.3. The summed E-state index contributed by atoms with van der Waals surface area (Å²) in [5.74, 6) is -0.139. The summed E-state index contributed by atoms with van der Waals surface area (Å²) in [5.41, 5.74) is 5.05. The van der Waals surface area contributed by atoms with E-state index in [0.29, 0.717) is 5.69 Å². The molecule has 4 nitrogen and oxygen atoms in total. The van der Waals surface area contributed by atoms with Gasteiger partial charge in [0.05, 0.1) is 5.69 Å². The third-order valence-corrected chi connectivity index (χ3v) is 3.63. The Bertz CT molecular complexity index is 833. The lowest BCUT2D eigenvalue weighted by Gasteiger charge is -2.08. The predicted molar refractivity (Wildman–Crippen MR) is 83.8 cm³/mol. The van der Waals surface area contributed by atoms with Gasteiger partial charge in [-0.2, -0.15) is 0 Å². The Morgan fingerprint density at radius 2 is 1.76 bits per heavy atom. The summed E-state index contributed by atoms with van der Waals surface area (Å²) in [6.07, 6.45) is 1.87. The highest BCUT2D eigenvalue weighted by Crippen LogP contribution is 2.18. The van der Waals surface area contributed by atoms with Crippen molar-refractivity contribution in [2.45, 2.75) is 20.8 Å². The maximum Gasteiger partial charge on any atom is 0.274 e. The summed E-state index contributed by atoms with van der Waals surface area (Å²) in [4.78, 5) is 17.1. The highest BCUT2D eigenvalue weighted by atomic mass is 16.2. The van der Waals surface area contributed by atoms with E-state index in [-0.39, 0.29) is 5.91 Å². The SMILES string of the molecule is Cc1ccccc1NC(=O)c1c(C)nc2c(C)cccn12. The molecule has 1 N–H and O–H groups in total. The second-order valence-electron chi connectivity index (χ2n) is 5.20. The van der Waals surface area contributed by atoms with Crippen LogP contribution >= 0.6 is 0 Å². The number of pyridine rings is 1. The lowest BCUT2D eigenvalue weighted by Crippen LogP contribution is -2.16. The Morgan fingerprint density at radius 1 is 1.05 bits per heavy atom. The van der Waals surface area contributed by atoms with E-state index in [0.717, 1.165) is 28.2 Å². The molecule has 0 aliphatic heterocycles. The maximum atomic E-state index is 12.6. The fourth-order valence-electron chi connectivity index (χ4n) is 2.49. The van der Waals surface area contributed by atoms with Gasteiger partial charge in [0, 0.05) is 11.9 Å².